The Morgan fingerprint density at radius 1 is 0.966 bits per heavy atom. The average Bonchev–Trinajstić information content (AvgIpc) is 2.73. The minimum Gasteiger partial charge on any atom is -0.383 e. The van der Waals surface area contributed by atoms with E-state index < -0.39 is 4.92 Å². The van der Waals surface area contributed by atoms with Crippen molar-refractivity contribution in [3.63, 3.8) is 0 Å². The summed E-state index contributed by atoms with van der Waals surface area (Å²) in [5.74, 6) is 1.30. The van der Waals surface area contributed by atoms with E-state index in [2.05, 4.69) is 9.88 Å². The van der Waals surface area contributed by atoms with Crippen molar-refractivity contribution in [1.29, 1.82) is 0 Å². The molecule has 1 heterocycles. The number of nitro benzene ring substituents is 1. The number of halogens is 1. The van der Waals surface area contributed by atoms with Gasteiger partial charge in [0.2, 0.25) is 0 Å². The predicted octanol–water partition coefficient (Wildman–Crippen LogP) is 3.73. The molecule has 0 atom stereocenters. The number of nitrogens with zero attached hydrogens (tertiary/aromatic N) is 4. The average molecular weight is 419 g/mol. The Hall–Kier alpha value is -2.81. The highest BCUT2D eigenvalue weighted by Crippen LogP contribution is 2.28. The van der Waals surface area contributed by atoms with Gasteiger partial charge in [0, 0.05) is 50.4 Å². The number of aromatic nitrogens is 2. The number of anilines is 1. The van der Waals surface area contributed by atoms with Gasteiger partial charge in [0.1, 0.15) is 5.82 Å². The maximum atomic E-state index is 10.9. The Morgan fingerprint density at radius 3 is 2.17 bits per heavy atom. The molecular weight excluding hydrogens is 396 g/mol. The summed E-state index contributed by atoms with van der Waals surface area (Å²) in [4.78, 5) is 22.0. The molecule has 0 radical (unpaired) electrons. The zero-order valence-electron chi connectivity index (χ0n) is 16.3. The van der Waals surface area contributed by atoms with E-state index in [9.17, 15) is 10.1 Å². The Balaban J connectivity index is 0.00000300. The fraction of sp³-hybridized carbons (Fsp3) is 0.300. The third-order valence-electron chi connectivity index (χ3n) is 4.35. The largest absolute Gasteiger partial charge is 0.383 e. The SMILES string of the molecule is COCCN(CCOC)c1nc(-c2ccc([N+](=O)[O-])cc2)nc2ccccc12.Cl. The molecule has 1 aromatic heterocycles. The lowest BCUT2D eigenvalue weighted by Gasteiger charge is -2.25. The normalized spacial score (nSPS) is 10.6. The lowest BCUT2D eigenvalue weighted by atomic mass is 10.1. The Bertz CT molecular complexity index is 945. The lowest BCUT2D eigenvalue weighted by Crippen LogP contribution is -2.31. The van der Waals surface area contributed by atoms with E-state index >= 15 is 0 Å². The van der Waals surface area contributed by atoms with Crippen LogP contribution in [0, 0.1) is 10.1 Å². The van der Waals surface area contributed by atoms with Crippen LogP contribution in [-0.2, 0) is 9.47 Å². The molecular formula is C20H23ClN4O4. The number of benzene rings is 2. The van der Waals surface area contributed by atoms with E-state index in [4.69, 9.17) is 14.5 Å². The van der Waals surface area contributed by atoms with Crippen molar-refractivity contribution in [3.8, 4) is 11.4 Å². The summed E-state index contributed by atoms with van der Waals surface area (Å²) in [6.07, 6.45) is 0. The number of para-hydroxylation sites is 1. The van der Waals surface area contributed by atoms with Crippen LogP contribution in [-0.4, -0.2) is 55.4 Å². The van der Waals surface area contributed by atoms with Crippen LogP contribution in [0.1, 0.15) is 0 Å². The molecule has 29 heavy (non-hydrogen) atoms. The smallest absolute Gasteiger partial charge is 0.269 e. The van der Waals surface area contributed by atoms with Crippen molar-refractivity contribution < 1.29 is 14.4 Å². The summed E-state index contributed by atoms with van der Waals surface area (Å²) >= 11 is 0. The minimum atomic E-state index is -0.423. The van der Waals surface area contributed by atoms with Crippen molar-refractivity contribution >= 4 is 34.8 Å². The molecule has 2 aromatic carbocycles. The molecule has 3 rings (SSSR count). The lowest BCUT2D eigenvalue weighted by molar-refractivity contribution is -0.384. The van der Waals surface area contributed by atoms with Gasteiger partial charge in [-0.05, 0) is 24.3 Å². The summed E-state index contributed by atoms with van der Waals surface area (Å²) in [7, 11) is 3.32. The third-order valence-corrected chi connectivity index (χ3v) is 4.35. The number of rotatable bonds is 9. The molecule has 0 amide bonds. The van der Waals surface area contributed by atoms with E-state index in [1.165, 1.54) is 12.1 Å². The number of fused-ring (bicyclic) bond motifs is 1. The summed E-state index contributed by atoms with van der Waals surface area (Å²) in [6.45, 7) is 2.41. The fourth-order valence-corrected chi connectivity index (χ4v) is 2.89. The molecule has 154 valence electrons. The van der Waals surface area contributed by atoms with Crippen molar-refractivity contribution in [3.05, 3.63) is 58.6 Å². The van der Waals surface area contributed by atoms with Gasteiger partial charge in [0.25, 0.3) is 5.69 Å². The number of hydrogen-bond donors (Lipinski definition) is 0. The van der Waals surface area contributed by atoms with Gasteiger partial charge < -0.3 is 14.4 Å². The minimum absolute atomic E-state index is 0. The standard InChI is InChI=1S/C20H22N4O4.ClH/c1-27-13-11-23(12-14-28-2)20-17-5-3-4-6-18(17)21-19(22-20)15-7-9-16(10-8-15)24(25)26;/h3-10H,11-14H2,1-2H3;1H. The molecule has 0 spiro atoms. The van der Waals surface area contributed by atoms with Crippen molar-refractivity contribution in [2.24, 2.45) is 0 Å². The Labute approximate surface area is 175 Å². The highest BCUT2D eigenvalue weighted by molar-refractivity contribution is 5.91. The molecule has 3 aromatic rings. The van der Waals surface area contributed by atoms with Gasteiger partial charge in [-0.15, -0.1) is 12.4 Å². The number of nitro groups is 1. The molecule has 0 N–H and O–H groups in total. The van der Waals surface area contributed by atoms with Crippen molar-refractivity contribution in [2.75, 3.05) is 45.4 Å². The van der Waals surface area contributed by atoms with Crippen LogP contribution in [0.3, 0.4) is 0 Å². The number of ether oxygens (including phenoxy) is 2. The van der Waals surface area contributed by atoms with E-state index in [1.807, 2.05) is 24.3 Å². The maximum Gasteiger partial charge on any atom is 0.269 e. The first-order chi connectivity index (χ1) is 13.6. The second-order valence-electron chi connectivity index (χ2n) is 6.16. The van der Waals surface area contributed by atoms with Crippen LogP contribution in [0.2, 0.25) is 0 Å². The predicted molar refractivity (Wildman–Crippen MR) is 115 cm³/mol. The van der Waals surface area contributed by atoms with Crippen LogP contribution >= 0.6 is 12.4 Å². The maximum absolute atomic E-state index is 10.9. The summed E-state index contributed by atoms with van der Waals surface area (Å²) in [5, 5.41) is 11.8. The highest BCUT2D eigenvalue weighted by Gasteiger charge is 2.16. The molecule has 0 aliphatic rings. The van der Waals surface area contributed by atoms with Crippen molar-refractivity contribution in [1.82, 2.24) is 9.97 Å². The molecule has 0 unspecified atom stereocenters. The van der Waals surface area contributed by atoms with Crippen LogP contribution in [0.25, 0.3) is 22.3 Å². The zero-order valence-corrected chi connectivity index (χ0v) is 17.1. The molecule has 9 heteroatoms. The van der Waals surface area contributed by atoms with Gasteiger partial charge in [0.15, 0.2) is 5.82 Å². The van der Waals surface area contributed by atoms with E-state index in [0.29, 0.717) is 32.1 Å². The monoisotopic (exact) mass is 418 g/mol. The zero-order chi connectivity index (χ0) is 19.9. The first-order valence-electron chi connectivity index (χ1n) is 8.88. The Kier molecular flexibility index (Phi) is 8.26. The summed E-state index contributed by atoms with van der Waals surface area (Å²) in [5.41, 5.74) is 1.56. The second kappa shape index (κ2) is 10.7. The molecule has 0 aliphatic heterocycles. The van der Waals surface area contributed by atoms with Crippen molar-refractivity contribution in [2.45, 2.75) is 0 Å². The van der Waals surface area contributed by atoms with E-state index in [1.54, 1.807) is 26.4 Å². The van der Waals surface area contributed by atoms with E-state index in [-0.39, 0.29) is 18.1 Å². The quantitative estimate of drug-likeness (QED) is 0.386. The summed E-state index contributed by atoms with van der Waals surface area (Å²) < 4.78 is 10.5. The van der Waals surface area contributed by atoms with Gasteiger partial charge in [-0.25, -0.2) is 9.97 Å². The molecule has 0 bridgehead atoms. The Morgan fingerprint density at radius 2 is 1.59 bits per heavy atom. The van der Waals surface area contributed by atoms with Crippen LogP contribution in [0.5, 0.6) is 0 Å². The second-order valence-corrected chi connectivity index (χ2v) is 6.16. The molecule has 0 saturated heterocycles. The van der Waals surface area contributed by atoms with Gasteiger partial charge in [-0.3, -0.25) is 10.1 Å². The van der Waals surface area contributed by atoms with Gasteiger partial charge in [-0.2, -0.15) is 0 Å². The molecule has 0 aliphatic carbocycles. The van der Waals surface area contributed by atoms with Gasteiger partial charge in [0.05, 0.1) is 23.7 Å². The van der Waals surface area contributed by atoms with Gasteiger partial charge >= 0.3 is 0 Å². The first-order valence-corrected chi connectivity index (χ1v) is 8.88. The topological polar surface area (TPSA) is 90.6 Å². The fourth-order valence-electron chi connectivity index (χ4n) is 2.89. The molecule has 8 nitrogen and oxygen atoms in total. The van der Waals surface area contributed by atoms with E-state index in [0.717, 1.165) is 22.3 Å². The number of non-ortho nitro benzene ring substituents is 1. The highest BCUT2D eigenvalue weighted by atomic mass is 35.5. The third kappa shape index (κ3) is 5.38. The van der Waals surface area contributed by atoms with Crippen LogP contribution in [0.4, 0.5) is 11.5 Å². The number of methoxy groups -OCH3 is 2. The molecule has 0 fully saturated rings. The van der Waals surface area contributed by atoms with Gasteiger partial charge in [-0.1, -0.05) is 12.1 Å². The molecule has 0 saturated carbocycles. The summed E-state index contributed by atoms with van der Waals surface area (Å²) in [6, 6.07) is 14.0. The van der Waals surface area contributed by atoms with Crippen LogP contribution < -0.4 is 4.90 Å². The van der Waals surface area contributed by atoms with Crippen LogP contribution in [0.15, 0.2) is 48.5 Å². The number of hydrogen-bond acceptors (Lipinski definition) is 7. The first kappa shape index (κ1) is 22.5.